The van der Waals surface area contributed by atoms with Gasteiger partial charge < -0.3 is 9.80 Å². The van der Waals surface area contributed by atoms with Crippen molar-refractivity contribution in [2.75, 3.05) is 19.6 Å². The first-order valence-electron chi connectivity index (χ1n) is 7.51. The van der Waals surface area contributed by atoms with E-state index in [0.29, 0.717) is 50.5 Å². The van der Waals surface area contributed by atoms with Crippen LogP contribution in [-0.4, -0.2) is 41.2 Å². The van der Waals surface area contributed by atoms with E-state index >= 15 is 0 Å². The summed E-state index contributed by atoms with van der Waals surface area (Å²) < 4.78 is 0. The number of amides is 2. The van der Waals surface area contributed by atoms with Gasteiger partial charge in [0.15, 0.2) is 0 Å². The highest BCUT2D eigenvalue weighted by Crippen LogP contribution is 2.18. The Morgan fingerprint density at radius 1 is 1.27 bits per heavy atom. The molecule has 1 saturated heterocycles. The molecule has 0 aliphatic carbocycles. The SMILES string of the molecule is C=CCCC(=O)N1CCC(=O)N(Cc2ccccc2Cl)CC1. The fourth-order valence-corrected chi connectivity index (χ4v) is 2.69. The summed E-state index contributed by atoms with van der Waals surface area (Å²) in [6, 6.07) is 7.53. The van der Waals surface area contributed by atoms with E-state index in [4.69, 9.17) is 11.6 Å². The Morgan fingerprint density at radius 2 is 2.05 bits per heavy atom. The van der Waals surface area contributed by atoms with Gasteiger partial charge >= 0.3 is 0 Å². The van der Waals surface area contributed by atoms with Gasteiger partial charge in [0.05, 0.1) is 0 Å². The van der Waals surface area contributed by atoms with Gasteiger partial charge in [-0.05, 0) is 18.1 Å². The third kappa shape index (κ3) is 4.34. The van der Waals surface area contributed by atoms with Crippen molar-refractivity contribution >= 4 is 23.4 Å². The van der Waals surface area contributed by atoms with Crippen LogP contribution in [-0.2, 0) is 16.1 Å². The molecule has 1 aromatic rings. The monoisotopic (exact) mass is 320 g/mol. The molecule has 0 spiro atoms. The fraction of sp³-hybridized carbons (Fsp3) is 0.412. The Labute approximate surface area is 136 Å². The minimum absolute atomic E-state index is 0.0685. The van der Waals surface area contributed by atoms with Crippen LogP contribution in [0.5, 0.6) is 0 Å². The second-order valence-electron chi connectivity index (χ2n) is 5.36. The molecule has 118 valence electrons. The summed E-state index contributed by atoms with van der Waals surface area (Å²) in [7, 11) is 0. The zero-order valence-corrected chi connectivity index (χ0v) is 13.4. The molecule has 1 aliphatic rings. The molecule has 0 unspecified atom stereocenters. The van der Waals surface area contributed by atoms with Gasteiger partial charge in [0.1, 0.15) is 0 Å². The summed E-state index contributed by atoms with van der Waals surface area (Å²) in [5.41, 5.74) is 0.934. The van der Waals surface area contributed by atoms with Crippen molar-refractivity contribution in [3.63, 3.8) is 0 Å². The normalized spacial score (nSPS) is 15.6. The van der Waals surface area contributed by atoms with E-state index < -0.39 is 0 Å². The molecule has 0 bridgehead atoms. The summed E-state index contributed by atoms with van der Waals surface area (Å²) in [5, 5.41) is 0.665. The van der Waals surface area contributed by atoms with Crippen LogP contribution in [0.2, 0.25) is 5.02 Å². The molecule has 0 radical (unpaired) electrons. The summed E-state index contributed by atoms with van der Waals surface area (Å²) in [6.07, 6.45) is 3.24. The molecular formula is C17H21ClN2O2. The van der Waals surface area contributed by atoms with Crippen LogP contribution < -0.4 is 0 Å². The van der Waals surface area contributed by atoms with Crippen molar-refractivity contribution in [1.82, 2.24) is 9.80 Å². The van der Waals surface area contributed by atoms with Crippen LogP contribution >= 0.6 is 11.6 Å². The Hall–Kier alpha value is -1.81. The maximum Gasteiger partial charge on any atom is 0.224 e. The number of nitrogens with zero attached hydrogens (tertiary/aromatic N) is 2. The maximum absolute atomic E-state index is 12.2. The summed E-state index contributed by atoms with van der Waals surface area (Å²) in [5.74, 6) is 0.159. The van der Waals surface area contributed by atoms with Crippen LogP contribution in [0.3, 0.4) is 0 Å². The highest BCUT2D eigenvalue weighted by atomic mass is 35.5. The van der Waals surface area contributed by atoms with Crippen molar-refractivity contribution < 1.29 is 9.59 Å². The van der Waals surface area contributed by atoms with Crippen molar-refractivity contribution in [3.05, 3.63) is 47.5 Å². The molecule has 0 N–H and O–H groups in total. The van der Waals surface area contributed by atoms with Crippen molar-refractivity contribution in [2.45, 2.75) is 25.8 Å². The summed E-state index contributed by atoms with van der Waals surface area (Å²) >= 11 is 6.16. The number of rotatable bonds is 5. The predicted octanol–water partition coefficient (Wildman–Crippen LogP) is 2.87. The third-order valence-electron chi connectivity index (χ3n) is 3.82. The zero-order chi connectivity index (χ0) is 15.9. The Kier molecular flexibility index (Phi) is 6.01. The zero-order valence-electron chi connectivity index (χ0n) is 12.6. The topological polar surface area (TPSA) is 40.6 Å². The lowest BCUT2D eigenvalue weighted by atomic mass is 10.2. The van der Waals surface area contributed by atoms with E-state index in [1.807, 2.05) is 24.3 Å². The van der Waals surface area contributed by atoms with Gasteiger partial charge in [-0.2, -0.15) is 0 Å². The summed E-state index contributed by atoms with van der Waals surface area (Å²) in [4.78, 5) is 27.9. The van der Waals surface area contributed by atoms with Gasteiger partial charge in [-0.3, -0.25) is 9.59 Å². The molecule has 0 saturated carbocycles. The third-order valence-corrected chi connectivity index (χ3v) is 4.19. The molecule has 0 aromatic heterocycles. The fourth-order valence-electron chi connectivity index (χ4n) is 2.50. The molecule has 1 aromatic carbocycles. The van der Waals surface area contributed by atoms with Crippen LogP contribution in [0.1, 0.15) is 24.8 Å². The summed E-state index contributed by atoms with van der Waals surface area (Å²) in [6.45, 7) is 5.74. The molecule has 4 nitrogen and oxygen atoms in total. The van der Waals surface area contributed by atoms with E-state index in [9.17, 15) is 9.59 Å². The number of halogens is 1. The average molecular weight is 321 g/mol. The smallest absolute Gasteiger partial charge is 0.224 e. The van der Waals surface area contributed by atoms with Gasteiger partial charge in [0.25, 0.3) is 0 Å². The van der Waals surface area contributed by atoms with Crippen molar-refractivity contribution in [1.29, 1.82) is 0 Å². The maximum atomic E-state index is 12.2. The first-order chi connectivity index (χ1) is 10.6. The number of carbonyl (C=O) groups excluding carboxylic acids is 2. The molecule has 0 atom stereocenters. The van der Waals surface area contributed by atoms with Crippen LogP contribution in [0.15, 0.2) is 36.9 Å². The Balaban J connectivity index is 1.97. The number of hydrogen-bond donors (Lipinski definition) is 0. The highest BCUT2D eigenvalue weighted by molar-refractivity contribution is 6.31. The van der Waals surface area contributed by atoms with Gasteiger partial charge in [0, 0.05) is 44.0 Å². The minimum Gasteiger partial charge on any atom is -0.340 e. The predicted molar refractivity (Wildman–Crippen MR) is 87.5 cm³/mol. The second-order valence-corrected chi connectivity index (χ2v) is 5.77. The number of allylic oxidation sites excluding steroid dienone is 1. The first kappa shape index (κ1) is 16.6. The molecule has 2 rings (SSSR count). The lowest BCUT2D eigenvalue weighted by Crippen LogP contribution is -2.35. The molecule has 5 heteroatoms. The van der Waals surface area contributed by atoms with E-state index in [1.54, 1.807) is 15.9 Å². The van der Waals surface area contributed by atoms with E-state index in [1.165, 1.54) is 0 Å². The molecule has 2 amide bonds. The van der Waals surface area contributed by atoms with Crippen LogP contribution in [0, 0.1) is 0 Å². The minimum atomic E-state index is 0.0685. The van der Waals surface area contributed by atoms with Gasteiger partial charge in [-0.25, -0.2) is 0 Å². The van der Waals surface area contributed by atoms with E-state index in [-0.39, 0.29) is 11.8 Å². The van der Waals surface area contributed by atoms with Gasteiger partial charge in [-0.15, -0.1) is 6.58 Å². The van der Waals surface area contributed by atoms with Gasteiger partial charge in [0.2, 0.25) is 11.8 Å². The Morgan fingerprint density at radius 3 is 2.77 bits per heavy atom. The largest absolute Gasteiger partial charge is 0.340 e. The molecule has 1 fully saturated rings. The van der Waals surface area contributed by atoms with E-state index in [0.717, 1.165) is 5.56 Å². The highest BCUT2D eigenvalue weighted by Gasteiger charge is 2.23. The molecule has 1 heterocycles. The number of carbonyl (C=O) groups is 2. The van der Waals surface area contributed by atoms with E-state index in [2.05, 4.69) is 6.58 Å². The molecule has 22 heavy (non-hydrogen) atoms. The average Bonchev–Trinajstić information content (AvgIpc) is 2.70. The van der Waals surface area contributed by atoms with Crippen molar-refractivity contribution in [3.8, 4) is 0 Å². The lowest BCUT2D eigenvalue weighted by Gasteiger charge is -2.22. The van der Waals surface area contributed by atoms with Crippen LogP contribution in [0.4, 0.5) is 0 Å². The molecular weight excluding hydrogens is 300 g/mol. The van der Waals surface area contributed by atoms with Crippen molar-refractivity contribution in [2.24, 2.45) is 0 Å². The number of hydrogen-bond acceptors (Lipinski definition) is 2. The second kappa shape index (κ2) is 7.99. The first-order valence-corrected chi connectivity index (χ1v) is 7.89. The molecule has 1 aliphatic heterocycles. The quantitative estimate of drug-likeness (QED) is 0.783. The Bertz CT molecular complexity index is 559. The van der Waals surface area contributed by atoms with Crippen LogP contribution in [0.25, 0.3) is 0 Å². The lowest BCUT2D eigenvalue weighted by molar-refractivity contribution is -0.131. The standard InChI is InChI=1S/C17H21ClN2O2/c1-2-3-8-16(21)19-10-9-17(22)20(12-11-19)13-14-6-4-5-7-15(14)18/h2,4-7H,1,3,8-13H2. The van der Waals surface area contributed by atoms with Gasteiger partial charge in [-0.1, -0.05) is 35.9 Å². The number of benzene rings is 1.